The maximum absolute atomic E-state index is 6.02. The van der Waals surface area contributed by atoms with E-state index in [1.54, 1.807) is 6.33 Å². The van der Waals surface area contributed by atoms with Crippen molar-refractivity contribution in [3.63, 3.8) is 0 Å². The molecule has 4 nitrogen and oxygen atoms in total. The van der Waals surface area contributed by atoms with Gasteiger partial charge in [0, 0.05) is 12.0 Å². The molecule has 1 saturated carbocycles. The standard InChI is InChI=1S/C14H23N3O/c1-10(2)12-7-14(17-9-16-12)18-13-6-4-3-5-11(13)8-15/h7,9-11,13H,3-6,8,15H2,1-2H3. The summed E-state index contributed by atoms with van der Waals surface area (Å²) in [5.74, 6) is 1.56. The minimum atomic E-state index is 0.221. The highest BCUT2D eigenvalue weighted by Gasteiger charge is 2.26. The van der Waals surface area contributed by atoms with Crippen molar-refractivity contribution in [2.24, 2.45) is 11.7 Å². The smallest absolute Gasteiger partial charge is 0.216 e. The molecule has 1 aromatic rings. The zero-order valence-electron chi connectivity index (χ0n) is 11.3. The van der Waals surface area contributed by atoms with Gasteiger partial charge in [-0.1, -0.05) is 20.3 Å². The summed E-state index contributed by atoms with van der Waals surface area (Å²) in [6.45, 7) is 4.94. The van der Waals surface area contributed by atoms with Gasteiger partial charge in [-0.25, -0.2) is 9.97 Å². The lowest BCUT2D eigenvalue weighted by molar-refractivity contribution is 0.0920. The first-order valence-electron chi connectivity index (χ1n) is 6.89. The van der Waals surface area contributed by atoms with Gasteiger partial charge in [0.1, 0.15) is 12.4 Å². The van der Waals surface area contributed by atoms with Gasteiger partial charge in [-0.3, -0.25) is 0 Å². The third-order valence-electron chi connectivity index (χ3n) is 3.67. The van der Waals surface area contributed by atoms with Crippen LogP contribution in [0.15, 0.2) is 12.4 Å². The summed E-state index contributed by atoms with van der Waals surface area (Å²) in [6, 6.07) is 1.95. The Labute approximate surface area is 109 Å². The largest absolute Gasteiger partial charge is 0.474 e. The molecule has 1 fully saturated rings. The zero-order chi connectivity index (χ0) is 13.0. The van der Waals surface area contributed by atoms with Crippen molar-refractivity contribution < 1.29 is 4.74 Å². The number of hydrogen-bond donors (Lipinski definition) is 1. The Balaban J connectivity index is 2.05. The lowest BCUT2D eigenvalue weighted by Crippen LogP contribution is -2.35. The van der Waals surface area contributed by atoms with E-state index in [4.69, 9.17) is 10.5 Å². The fourth-order valence-electron chi connectivity index (χ4n) is 2.49. The first-order valence-corrected chi connectivity index (χ1v) is 6.89. The number of nitrogens with two attached hydrogens (primary N) is 1. The van der Waals surface area contributed by atoms with Crippen LogP contribution in [0.25, 0.3) is 0 Å². The van der Waals surface area contributed by atoms with Crippen LogP contribution in [0.1, 0.15) is 51.1 Å². The van der Waals surface area contributed by atoms with Crippen LogP contribution in [0.3, 0.4) is 0 Å². The van der Waals surface area contributed by atoms with Crippen molar-refractivity contribution in [1.82, 2.24) is 9.97 Å². The topological polar surface area (TPSA) is 61.0 Å². The molecule has 2 N–H and O–H groups in total. The summed E-state index contributed by atoms with van der Waals surface area (Å²) in [7, 11) is 0. The van der Waals surface area contributed by atoms with E-state index in [1.807, 2.05) is 6.07 Å². The first kappa shape index (κ1) is 13.3. The van der Waals surface area contributed by atoms with Gasteiger partial charge in [-0.2, -0.15) is 0 Å². The molecular weight excluding hydrogens is 226 g/mol. The summed E-state index contributed by atoms with van der Waals surface area (Å²) < 4.78 is 6.02. The molecule has 1 aliphatic carbocycles. The number of nitrogens with zero attached hydrogens (tertiary/aromatic N) is 2. The minimum Gasteiger partial charge on any atom is -0.474 e. The molecule has 0 aliphatic heterocycles. The molecule has 2 atom stereocenters. The molecular formula is C14H23N3O. The molecule has 0 saturated heterocycles. The highest BCUT2D eigenvalue weighted by atomic mass is 16.5. The van der Waals surface area contributed by atoms with Gasteiger partial charge in [0.15, 0.2) is 0 Å². The van der Waals surface area contributed by atoms with Crippen molar-refractivity contribution in [2.75, 3.05) is 6.54 Å². The zero-order valence-corrected chi connectivity index (χ0v) is 11.3. The highest BCUT2D eigenvalue weighted by molar-refractivity contribution is 5.16. The Morgan fingerprint density at radius 1 is 1.33 bits per heavy atom. The number of aromatic nitrogens is 2. The monoisotopic (exact) mass is 249 g/mol. The molecule has 1 aromatic heterocycles. The van der Waals surface area contributed by atoms with Crippen molar-refractivity contribution in [3.05, 3.63) is 18.1 Å². The Bertz CT molecular complexity index is 381. The number of rotatable bonds is 4. The fraction of sp³-hybridized carbons (Fsp3) is 0.714. The van der Waals surface area contributed by atoms with Crippen LogP contribution in [0.5, 0.6) is 5.88 Å². The maximum atomic E-state index is 6.02. The van der Waals surface area contributed by atoms with E-state index < -0.39 is 0 Å². The molecule has 0 spiro atoms. The van der Waals surface area contributed by atoms with Gasteiger partial charge in [0.25, 0.3) is 0 Å². The van der Waals surface area contributed by atoms with E-state index in [0.717, 1.165) is 12.1 Å². The Kier molecular flexibility index (Phi) is 4.53. The van der Waals surface area contributed by atoms with E-state index in [0.29, 0.717) is 24.3 Å². The normalized spacial score (nSPS) is 24.2. The second kappa shape index (κ2) is 6.14. The average molecular weight is 249 g/mol. The quantitative estimate of drug-likeness (QED) is 0.890. The molecule has 4 heteroatoms. The SMILES string of the molecule is CC(C)c1cc(OC2CCCCC2CN)ncn1. The molecule has 0 aromatic carbocycles. The second-order valence-electron chi connectivity index (χ2n) is 5.37. The van der Waals surface area contributed by atoms with Gasteiger partial charge in [0.2, 0.25) is 5.88 Å². The Hall–Kier alpha value is -1.16. The number of ether oxygens (including phenoxy) is 1. The van der Waals surface area contributed by atoms with Crippen LogP contribution in [-0.4, -0.2) is 22.6 Å². The fourth-order valence-corrected chi connectivity index (χ4v) is 2.49. The average Bonchev–Trinajstić information content (AvgIpc) is 2.39. The van der Waals surface area contributed by atoms with Crippen molar-refractivity contribution in [2.45, 2.75) is 51.6 Å². The van der Waals surface area contributed by atoms with E-state index in [-0.39, 0.29) is 6.10 Å². The van der Waals surface area contributed by atoms with E-state index in [9.17, 15) is 0 Å². The molecule has 1 heterocycles. The van der Waals surface area contributed by atoms with Crippen molar-refractivity contribution in [3.8, 4) is 5.88 Å². The van der Waals surface area contributed by atoms with Gasteiger partial charge in [-0.05, 0) is 31.7 Å². The third-order valence-corrected chi connectivity index (χ3v) is 3.67. The predicted octanol–water partition coefficient (Wildman–Crippen LogP) is 2.50. The van der Waals surface area contributed by atoms with Crippen LogP contribution in [-0.2, 0) is 0 Å². The molecule has 0 radical (unpaired) electrons. The molecule has 2 rings (SSSR count). The van der Waals surface area contributed by atoms with E-state index in [1.165, 1.54) is 19.3 Å². The van der Waals surface area contributed by atoms with Crippen molar-refractivity contribution >= 4 is 0 Å². The van der Waals surface area contributed by atoms with Gasteiger partial charge < -0.3 is 10.5 Å². The minimum absolute atomic E-state index is 0.221. The van der Waals surface area contributed by atoms with Gasteiger partial charge in [-0.15, -0.1) is 0 Å². The predicted molar refractivity (Wildman–Crippen MR) is 71.5 cm³/mol. The summed E-state index contributed by atoms with van der Waals surface area (Å²) >= 11 is 0. The molecule has 100 valence electrons. The summed E-state index contributed by atoms with van der Waals surface area (Å²) in [4.78, 5) is 8.47. The lowest BCUT2D eigenvalue weighted by Gasteiger charge is -2.30. The van der Waals surface area contributed by atoms with Crippen LogP contribution < -0.4 is 10.5 Å². The summed E-state index contributed by atoms with van der Waals surface area (Å²) in [6.07, 6.45) is 6.56. The van der Waals surface area contributed by atoms with Crippen LogP contribution in [0.4, 0.5) is 0 Å². The molecule has 1 aliphatic rings. The van der Waals surface area contributed by atoms with Crippen molar-refractivity contribution in [1.29, 1.82) is 0 Å². The first-order chi connectivity index (χ1) is 8.70. The summed E-state index contributed by atoms with van der Waals surface area (Å²) in [5, 5.41) is 0. The van der Waals surface area contributed by atoms with Crippen LogP contribution in [0.2, 0.25) is 0 Å². The summed E-state index contributed by atoms with van der Waals surface area (Å²) in [5.41, 5.74) is 6.84. The maximum Gasteiger partial charge on any atom is 0.216 e. The molecule has 0 bridgehead atoms. The highest BCUT2D eigenvalue weighted by Crippen LogP contribution is 2.27. The molecule has 18 heavy (non-hydrogen) atoms. The van der Waals surface area contributed by atoms with Crippen LogP contribution >= 0.6 is 0 Å². The van der Waals surface area contributed by atoms with Crippen LogP contribution in [0, 0.1) is 5.92 Å². The third kappa shape index (κ3) is 3.19. The number of hydrogen-bond acceptors (Lipinski definition) is 4. The Morgan fingerprint density at radius 3 is 2.83 bits per heavy atom. The second-order valence-corrected chi connectivity index (χ2v) is 5.37. The van der Waals surface area contributed by atoms with Gasteiger partial charge in [0.05, 0.1) is 5.69 Å². The molecule has 0 amide bonds. The van der Waals surface area contributed by atoms with E-state index in [2.05, 4.69) is 23.8 Å². The van der Waals surface area contributed by atoms with Gasteiger partial charge >= 0.3 is 0 Å². The van der Waals surface area contributed by atoms with E-state index >= 15 is 0 Å². The Morgan fingerprint density at radius 2 is 2.11 bits per heavy atom. The lowest BCUT2D eigenvalue weighted by atomic mass is 9.86. The molecule has 2 unspecified atom stereocenters.